The van der Waals surface area contributed by atoms with Gasteiger partial charge in [-0.15, -0.1) is 0 Å². The van der Waals surface area contributed by atoms with Gasteiger partial charge in [0.1, 0.15) is 0 Å². The summed E-state index contributed by atoms with van der Waals surface area (Å²) in [5, 5.41) is 3.67. The average Bonchev–Trinajstić information content (AvgIpc) is 2.96. The molecule has 2 aliphatic rings. The quantitative estimate of drug-likeness (QED) is 0.510. The molecule has 0 amide bonds. The zero-order valence-corrected chi connectivity index (χ0v) is 13.1. The first-order valence-corrected chi connectivity index (χ1v) is 8.09. The Hall–Kier alpha value is -0.560. The number of hydrogen-bond donors (Lipinski definition) is 1. The van der Waals surface area contributed by atoms with Crippen LogP contribution in [0.4, 0.5) is 0 Å². The van der Waals surface area contributed by atoms with E-state index < -0.39 is 0 Å². The van der Waals surface area contributed by atoms with E-state index in [0.717, 1.165) is 0 Å². The van der Waals surface area contributed by atoms with Crippen LogP contribution in [0.3, 0.4) is 0 Å². The van der Waals surface area contributed by atoms with E-state index in [-0.39, 0.29) is 0 Å². The number of allylic oxidation sites excluding steroid dienone is 4. The van der Waals surface area contributed by atoms with Gasteiger partial charge in [-0.05, 0) is 68.9 Å². The number of nitrogens with one attached hydrogen (secondary N) is 1. The molecule has 0 spiro atoms. The van der Waals surface area contributed by atoms with Crippen LogP contribution in [-0.4, -0.2) is 13.1 Å². The summed E-state index contributed by atoms with van der Waals surface area (Å²) in [6.07, 6.45) is 16.2. The fraction of sp³-hybridized carbons (Fsp3) is 0.778. The largest absolute Gasteiger partial charge is 0.317 e. The highest BCUT2D eigenvalue weighted by Crippen LogP contribution is 2.40. The molecule has 0 heterocycles. The zero-order chi connectivity index (χ0) is 13.8. The van der Waals surface area contributed by atoms with Gasteiger partial charge in [-0.25, -0.2) is 0 Å². The molecule has 0 fully saturated rings. The summed E-state index contributed by atoms with van der Waals surface area (Å²) in [6.45, 7) is 9.53. The molecule has 0 radical (unpaired) electrons. The summed E-state index contributed by atoms with van der Waals surface area (Å²) < 4.78 is 0. The Bertz CT molecular complexity index is 345. The van der Waals surface area contributed by atoms with Crippen LogP contribution in [0.15, 0.2) is 23.8 Å². The van der Waals surface area contributed by atoms with E-state index in [1.807, 2.05) is 0 Å². The summed E-state index contributed by atoms with van der Waals surface area (Å²) in [7, 11) is 0. The molecular formula is C18H31N. The third kappa shape index (κ3) is 4.21. The van der Waals surface area contributed by atoms with Crippen molar-refractivity contribution in [2.24, 2.45) is 10.8 Å². The van der Waals surface area contributed by atoms with Crippen LogP contribution in [0, 0.1) is 10.8 Å². The third-order valence-electron chi connectivity index (χ3n) is 5.19. The molecule has 1 N–H and O–H groups in total. The fourth-order valence-corrected chi connectivity index (χ4v) is 3.47. The summed E-state index contributed by atoms with van der Waals surface area (Å²) in [5.41, 5.74) is 2.75. The van der Waals surface area contributed by atoms with Crippen LogP contribution in [0.25, 0.3) is 0 Å². The Labute approximate surface area is 119 Å². The number of hydrogen-bond acceptors (Lipinski definition) is 1. The normalized spacial score (nSPS) is 28.9. The monoisotopic (exact) mass is 261 g/mol. The van der Waals surface area contributed by atoms with Gasteiger partial charge in [-0.1, -0.05) is 44.6 Å². The molecule has 1 heteroatoms. The molecular weight excluding hydrogens is 230 g/mol. The maximum atomic E-state index is 3.67. The zero-order valence-electron chi connectivity index (χ0n) is 13.1. The topological polar surface area (TPSA) is 12.0 Å². The van der Waals surface area contributed by atoms with E-state index in [1.54, 1.807) is 5.57 Å². The Kier molecular flexibility index (Phi) is 4.89. The Morgan fingerprint density at radius 1 is 1.00 bits per heavy atom. The second kappa shape index (κ2) is 6.26. The average molecular weight is 261 g/mol. The fourth-order valence-electron chi connectivity index (χ4n) is 3.47. The molecule has 0 saturated carbocycles. The van der Waals surface area contributed by atoms with Crippen molar-refractivity contribution in [2.75, 3.05) is 13.1 Å². The predicted octanol–water partition coefficient (Wildman–Crippen LogP) is 4.85. The van der Waals surface area contributed by atoms with Crippen LogP contribution in [0.5, 0.6) is 0 Å². The van der Waals surface area contributed by atoms with Gasteiger partial charge < -0.3 is 5.32 Å². The van der Waals surface area contributed by atoms with Crippen molar-refractivity contribution in [3.05, 3.63) is 23.8 Å². The van der Waals surface area contributed by atoms with Gasteiger partial charge in [0.15, 0.2) is 0 Å². The highest BCUT2D eigenvalue weighted by molar-refractivity contribution is 5.13. The molecule has 1 unspecified atom stereocenters. The van der Waals surface area contributed by atoms with Gasteiger partial charge in [-0.3, -0.25) is 0 Å². The Morgan fingerprint density at radius 3 is 2.21 bits per heavy atom. The van der Waals surface area contributed by atoms with Crippen molar-refractivity contribution >= 4 is 0 Å². The van der Waals surface area contributed by atoms with E-state index in [2.05, 4.69) is 44.3 Å². The first kappa shape index (κ1) is 14.8. The van der Waals surface area contributed by atoms with Crippen molar-refractivity contribution < 1.29 is 0 Å². The lowest BCUT2D eigenvalue weighted by Gasteiger charge is -2.26. The molecule has 2 rings (SSSR count). The van der Waals surface area contributed by atoms with Crippen molar-refractivity contribution in [2.45, 2.75) is 65.7 Å². The minimum Gasteiger partial charge on any atom is -0.317 e. The van der Waals surface area contributed by atoms with Crippen molar-refractivity contribution in [3.63, 3.8) is 0 Å². The van der Waals surface area contributed by atoms with Gasteiger partial charge in [0.25, 0.3) is 0 Å². The summed E-state index contributed by atoms with van der Waals surface area (Å²) >= 11 is 0. The molecule has 1 nitrogen and oxygen atoms in total. The van der Waals surface area contributed by atoms with Gasteiger partial charge in [0, 0.05) is 0 Å². The molecule has 2 aliphatic carbocycles. The molecule has 19 heavy (non-hydrogen) atoms. The third-order valence-corrected chi connectivity index (χ3v) is 5.19. The van der Waals surface area contributed by atoms with Gasteiger partial charge in [-0.2, -0.15) is 0 Å². The second-order valence-electron chi connectivity index (χ2n) is 7.35. The van der Waals surface area contributed by atoms with Crippen molar-refractivity contribution in [1.82, 2.24) is 5.32 Å². The van der Waals surface area contributed by atoms with Crippen LogP contribution in [0.1, 0.15) is 65.7 Å². The van der Waals surface area contributed by atoms with Crippen molar-refractivity contribution in [1.29, 1.82) is 0 Å². The van der Waals surface area contributed by atoms with E-state index in [9.17, 15) is 0 Å². The smallest absolute Gasteiger partial charge is 0.00435 e. The molecule has 0 bridgehead atoms. The lowest BCUT2D eigenvalue weighted by atomic mass is 9.82. The molecule has 0 aromatic carbocycles. The minimum atomic E-state index is 0.539. The molecule has 0 aromatic heterocycles. The maximum absolute atomic E-state index is 3.67. The van der Waals surface area contributed by atoms with Crippen LogP contribution >= 0.6 is 0 Å². The standard InChI is InChI=1S/C18H31N/c1-4-16-7-10-18(3,15-16)12-14-19-13-11-17(2)8-5-6-9-17/h5-7,19H,4,8-15H2,1-3H3. The Morgan fingerprint density at radius 2 is 1.63 bits per heavy atom. The number of rotatable bonds is 7. The summed E-state index contributed by atoms with van der Waals surface area (Å²) in [6, 6.07) is 0. The minimum absolute atomic E-state index is 0.539. The second-order valence-corrected chi connectivity index (χ2v) is 7.35. The first-order valence-electron chi connectivity index (χ1n) is 8.09. The highest BCUT2D eigenvalue weighted by Gasteiger charge is 2.28. The van der Waals surface area contributed by atoms with E-state index >= 15 is 0 Å². The Balaban J connectivity index is 1.57. The van der Waals surface area contributed by atoms with Gasteiger partial charge >= 0.3 is 0 Å². The van der Waals surface area contributed by atoms with Gasteiger partial charge in [0.2, 0.25) is 0 Å². The van der Waals surface area contributed by atoms with E-state index in [0.29, 0.717) is 10.8 Å². The van der Waals surface area contributed by atoms with E-state index in [4.69, 9.17) is 0 Å². The van der Waals surface area contributed by atoms with Crippen LogP contribution in [-0.2, 0) is 0 Å². The molecule has 108 valence electrons. The molecule has 0 saturated heterocycles. The molecule has 1 atom stereocenters. The summed E-state index contributed by atoms with van der Waals surface area (Å²) in [4.78, 5) is 0. The lowest BCUT2D eigenvalue weighted by Crippen LogP contribution is -2.27. The maximum Gasteiger partial charge on any atom is -0.00435 e. The first-order chi connectivity index (χ1) is 9.05. The highest BCUT2D eigenvalue weighted by atomic mass is 14.8. The lowest BCUT2D eigenvalue weighted by molar-refractivity contribution is 0.290. The summed E-state index contributed by atoms with van der Waals surface area (Å²) in [5.74, 6) is 0. The van der Waals surface area contributed by atoms with Crippen LogP contribution in [0.2, 0.25) is 0 Å². The van der Waals surface area contributed by atoms with Gasteiger partial charge in [0.05, 0.1) is 0 Å². The van der Waals surface area contributed by atoms with E-state index in [1.165, 1.54) is 58.0 Å². The predicted molar refractivity (Wildman–Crippen MR) is 84.3 cm³/mol. The SMILES string of the molecule is CCC1=CCC(C)(CCNCCC2(C)CC=CC2)C1. The van der Waals surface area contributed by atoms with Crippen LogP contribution < -0.4 is 5.32 Å². The molecule has 0 aromatic rings. The van der Waals surface area contributed by atoms with Crippen molar-refractivity contribution in [3.8, 4) is 0 Å². The molecule has 0 aliphatic heterocycles.